The number of aromatic nitrogens is 2. The van der Waals surface area contributed by atoms with E-state index < -0.39 is 0 Å². The highest BCUT2D eigenvalue weighted by molar-refractivity contribution is 7.12. The molecule has 31 heavy (non-hydrogen) atoms. The molecule has 0 aliphatic carbocycles. The van der Waals surface area contributed by atoms with Crippen LogP contribution in [-0.2, 0) is 17.8 Å². The minimum atomic E-state index is -0.0217. The van der Waals surface area contributed by atoms with E-state index in [9.17, 15) is 9.59 Å². The molecule has 164 valence electrons. The molecule has 0 bridgehead atoms. The van der Waals surface area contributed by atoms with E-state index in [1.165, 1.54) is 24.2 Å². The molecule has 0 saturated carbocycles. The molecule has 0 atom stereocenters. The van der Waals surface area contributed by atoms with Crippen molar-refractivity contribution in [2.45, 2.75) is 51.5 Å². The molecule has 1 aromatic carbocycles. The van der Waals surface area contributed by atoms with Crippen LogP contribution in [0, 0.1) is 0 Å². The van der Waals surface area contributed by atoms with Gasteiger partial charge in [0.2, 0.25) is 5.91 Å². The summed E-state index contributed by atoms with van der Waals surface area (Å²) < 4.78 is 2.19. The summed E-state index contributed by atoms with van der Waals surface area (Å²) in [5.74, 6) is 1.20. The number of imidazole rings is 1. The van der Waals surface area contributed by atoms with Crippen LogP contribution in [-0.4, -0.2) is 45.9 Å². The number of benzene rings is 1. The van der Waals surface area contributed by atoms with Crippen molar-refractivity contribution in [1.82, 2.24) is 19.8 Å². The van der Waals surface area contributed by atoms with Crippen LogP contribution < -0.4 is 5.32 Å². The Kier molecular flexibility index (Phi) is 7.35. The van der Waals surface area contributed by atoms with Gasteiger partial charge in [-0.1, -0.05) is 31.0 Å². The first-order chi connectivity index (χ1) is 15.2. The second kappa shape index (κ2) is 10.6. The summed E-state index contributed by atoms with van der Waals surface area (Å²) in [7, 11) is 0. The van der Waals surface area contributed by atoms with E-state index in [4.69, 9.17) is 4.98 Å². The Morgan fingerprint density at radius 2 is 1.84 bits per heavy atom. The molecule has 7 heteroatoms. The molecule has 0 unspecified atom stereocenters. The third kappa shape index (κ3) is 5.53. The van der Waals surface area contributed by atoms with Crippen LogP contribution in [0.5, 0.6) is 0 Å². The smallest absolute Gasteiger partial charge is 0.261 e. The standard InChI is InChI=1S/C24H30N4O2S/c29-23(27-15-5-1-2-6-16-27)13-17-28-20-10-4-3-9-19(20)26-22(28)12-7-14-25-24(30)21-11-8-18-31-21/h3-4,8-11,18H,1-2,5-7,12-17H2,(H,25,30). The first-order valence-electron chi connectivity index (χ1n) is 11.3. The fourth-order valence-corrected chi connectivity index (χ4v) is 4.83. The average molecular weight is 439 g/mol. The van der Waals surface area contributed by atoms with Crippen LogP contribution in [0.3, 0.4) is 0 Å². The summed E-state index contributed by atoms with van der Waals surface area (Å²) in [4.78, 5) is 32.5. The first-order valence-corrected chi connectivity index (χ1v) is 12.1. The number of aryl methyl sites for hydroxylation is 2. The summed E-state index contributed by atoms with van der Waals surface area (Å²) >= 11 is 1.45. The van der Waals surface area contributed by atoms with E-state index >= 15 is 0 Å². The lowest BCUT2D eigenvalue weighted by atomic mass is 10.2. The van der Waals surface area contributed by atoms with E-state index in [0.717, 1.165) is 60.5 Å². The predicted molar refractivity (Wildman–Crippen MR) is 124 cm³/mol. The highest BCUT2D eigenvalue weighted by Crippen LogP contribution is 2.19. The number of nitrogens with zero attached hydrogens (tertiary/aromatic N) is 3. The summed E-state index contributed by atoms with van der Waals surface area (Å²) in [5, 5.41) is 4.89. The number of thiophene rings is 1. The maximum absolute atomic E-state index is 12.8. The van der Waals surface area contributed by atoms with Gasteiger partial charge in [-0.15, -0.1) is 11.3 Å². The minimum Gasteiger partial charge on any atom is -0.351 e. The fourth-order valence-electron chi connectivity index (χ4n) is 4.19. The largest absolute Gasteiger partial charge is 0.351 e. The van der Waals surface area contributed by atoms with Crippen molar-refractivity contribution in [2.24, 2.45) is 0 Å². The maximum atomic E-state index is 12.8. The Morgan fingerprint density at radius 3 is 2.61 bits per heavy atom. The summed E-state index contributed by atoms with van der Waals surface area (Å²) in [5.41, 5.74) is 2.03. The van der Waals surface area contributed by atoms with Gasteiger partial charge in [0.1, 0.15) is 5.82 Å². The predicted octanol–water partition coefficient (Wildman–Crippen LogP) is 4.25. The average Bonchev–Trinajstić information content (AvgIpc) is 3.35. The van der Waals surface area contributed by atoms with Crippen molar-refractivity contribution < 1.29 is 9.59 Å². The van der Waals surface area contributed by atoms with Crippen molar-refractivity contribution in [2.75, 3.05) is 19.6 Å². The zero-order valence-corrected chi connectivity index (χ0v) is 18.7. The van der Waals surface area contributed by atoms with Crippen LogP contribution in [0.4, 0.5) is 0 Å². The fraction of sp³-hybridized carbons (Fsp3) is 0.458. The van der Waals surface area contributed by atoms with Gasteiger partial charge in [-0.05, 0) is 42.8 Å². The topological polar surface area (TPSA) is 67.2 Å². The second-order valence-corrected chi connectivity index (χ2v) is 9.00. The van der Waals surface area contributed by atoms with Gasteiger partial charge in [-0.2, -0.15) is 0 Å². The SMILES string of the molecule is O=C(NCCCc1nc2ccccc2n1CCC(=O)N1CCCCCC1)c1cccs1. The Labute approximate surface area is 187 Å². The highest BCUT2D eigenvalue weighted by atomic mass is 32.1. The summed E-state index contributed by atoms with van der Waals surface area (Å²) in [6, 6.07) is 11.8. The third-order valence-electron chi connectivity index (χ3n) is 5.85. The zero-order valence-electron chi connectivity index (χ0n) is 17.9. The summed E-state index contributed by atoms with van der Waals surface area (Å²) in [6.07, 6.45) is 6.75. The third-order valence-corrected chi connectivity index (χ3v) is 6.72. The van der Waals surface area contributed by atoms with Crippen molar-refractivity contribution >= 4 is 34.2 Å². The van der Waals surface area contributed by atoms with Gasteiger partial charge in [-0.25, -0.2) is 4.98 Å². The Balaban J connectivity index is 1.37. The van der Waals surface area contributed by atoms with Gasteiger partial charge in [0.15, 0.2) is 0 Å². The Morgan fingerprint density at radius 1 is 1.03 bits per heavy atom. The van der Waals surface area contributed by atoms with Crippen LogP contribution >= 0.6 is 11.3 Å². The van der Waals surface area contributed by atoms with E-state index in [1.807, 2.05) is 40.6 Å². The molecule has 4 rings (SSSR count). The number of nitrogens with one attached hydrogen (secondary N) is 1. The summed E-state index contributed by atoms with van der Waals surface area (Å²) in [6.45, 7) is 3.03. The van der Waals surface area contributed by atoms with Gasteiger partial charge in [0.25, 0.3) is 5.91 Å². The van der Waals surface area contributed by atoms with Gasteiger partial charge < -0.3 is 14.8 Å². The number of para-hydroxylation sites is 2. The molecule has 1 aliphatic rings. The van der Waals surface area contributed by atoms with Crippen molar-refractivity contribution in [3.63, 3.8) is 0 Å². The van der Waals surface area contributed by atoms with E-state index in [0.29, 0.717) is 19.5 Å². The molecular formula is C24H30N4O2S. The molecule has 6 nitrogen and oxygen atoms in total. The molecule has 3 heterocycles. The maximum Gasteiger partial charge on any atom is 0.261 e. The Bertz CT molecular complexity index is 1000. The number of carbonyl (C=O) groups excluding carboxylic acids is 2. The zero-order chi connectivity index (χ0) is 21.5. The van der Waals surface area contributed by atoms with Crippen LogP contribution in [0.2, 0.25) is 0 Å². The van der Waals surface area contributed by atoms with E-state index in [1.54, 1.807) is 0 Å². The molecule has 0 spiro atoms. The van der Waals surface area contributed by atoms with Crippen LogP contribution in [0.1, 0.15) is 54.0 Å². The lowest BCUT2D eigenvalue weighted by Crippen LogP contribution is -2.32. The van der Waals surface area contributed by atoms with Crippen LogP contribution in [0.25, 0.3) is 11.0 Å². The van der Waals surface area contributed by atoms with Gasteiger partial charge in [0, 0.05) is 39.0 Å². The molecule has 1 saturated heterocycles. The quantitative estimate of drug-likeness (QED) is 0.535. The second-order valence-electron chi connectivity index (χ2n) is 8.05. The number of fused-ring (bicyclic) bond motifs is 1. The van der Waals surface area contributed by atoms with Crippen molar-refractivity contribution in [3.8, 4) is 0 Å². The van der Waals surface area contributed by atoms with Gasteiger partial charge >= 0.3 is 0 Å². The number of hydrogen-bond acceptors (Lipinski definition) is 4. The lowest BCUT2D eigenvalue weighted by Gasteiger charge is -2.20. The van der Waals surface area contributed by atoms with Gasteiger partial charge in [-0.3, -0.25) is 9.59 Å². The normalized spacial score (nSPS) is 14.5. The van der Waals surface area contributed by atoms with Crippen molar-refractivity contribution in [1.29, 1.82) is 0 Å². The molecule has 1 aliphatic heterocycles. The van der Waals surface area contributed by atoms with E-state index in [-0.39, 0.29) is 11.8 Å². The Hall–Kier alpha value is -2.67. The highest BCUT2D eigenvalue weighted by Gasteiger charge is 2.17. The number of rotatable bonds is 8. The number of amides is 2. The number of likely N-dealkylation sites (tertiary alicyclic amines) is 1. The van der Waals surface area contributed by atoms with Crippen LogP contribution in [0.15, 0.2) is 41.8 Å². The molecule has 3 aromatic rings. The molecule has 2 amide bonds. The molecule has 0 radical (unpaired) electrons. The number of hydrogen-bond donors (Lipinski definition) is 1. The minimum absolute atomic E-state index is 0.0217. The first kappa shape index (κ1) is 21.6. The monoisotopic (exact) mass is 438 g/mol. The molecule has 1 fully saturated rings. The van der Waals surface area contributed by atoms with Crippen molar-refractivity contribution in [3.05, 3.63) is 52.5 Å². The lowest BCUT2D eigenvalue weighted by molar-refractivity contribution is -0.131. The number of carbonyl (C=O) groups is 2. The van der Waals surface area contributed by atoms with E-state index in [2.05, 4.69) is 16.0 Å². The molecular weight excluding hydrogens is 408 g/mol. The molecule has 1 N–H and O–H groups in total. The molecule has 2 aromatic heterocycles. The van der Waals surface area contributed by atoms with Gasteiger partial charge in [0.05, 0.1) is 15.9 Å².